The molecule has 0 fully saturated rings. The smallest absolute Gasteiger partial charge is 0.201 e. The van der Waals surface area contributed by atoms with Crippen LogP contribution in [0.2, 0.25) is 0 Å². The van der Waals surface area contributed by atoms with E-state index in [2.05, 4.69) is 6.08 Å². The van der Waals surface area contributed by atoms with Gasteiger partial charge in [-0.15, -0.1) is 0 Å². The van der Waals surface area contributed by atoms with E-state index < -0.39 is 11.6 Å². The maximum absolute atomic E-state index is 14.0. The van der Waals surface area contributed by atoms with Crippen molar-refractivity contribution in [3.63, 3.8) is 0 Å². The molecule has 0 atom stereocenters. The number of hydrogen-bond donors (Lipinski definition) is 0. The molecular formula is C18H18F2O. The van der Waals surface area contributed by atoms with Crippen LogP contribution in [0.4, 0.5) is 8.78 Å². The summed E-state index contributed by atoms with van der Waals surface area (Å²) in [4.78, 5) is 0. The van der Waals surface area contributed by atoms with Crippen molar-refractivity contribution >= 4 is 0 Å². The van der Waals surface area contributed by atoms with E-state index in [0.717, 1.165) is 12.8 Å². The summed E-state index contributed by atoms with van der Waals surface area (Å²) in [6.07, 6.45) is 6.03. The molecule has 0 N–H and O–H groups in total. The summed E-state index contributed by atoms with van der Waals surface area (Å²) in [7, 11) is 1.32. The van der Waals surface area contributed by atoms with Gasteiger partial charge in [0.1, 0.15) is 0 Å². The minimum absolute atomic E-state index is 0.0841. The van der Waals surface area contributed by atoms with Gasteiger partial charge in [-0.05, 0) is 43.0 Å². The molecular weight excluding hydrogens is 270 g/mol. The van der Waals surface area contributed by atoms with Crippen molar-refractivity contribution in [2.24, 2.45) is 0 Å². The first-order valence-corrected chi connectivity index (χ1v) is 6.89. The molecule has 2 rings (SSSR count). The highest BCUT2D eigenvalue weighted by Gasteiger charge is 2.14. The topological polar surface area (TPSA) is 9.23 Å². The third kappa shape index (κ3) is 3.48. The minimum atomic E-state index is -0.952. The van der Waals surface area contributed by atoms with Crippen LogP contribution in [0.25, 0.3) is 11.1 Å². The van der Waals surface area contributed by atoms with Crippen LogP contribution in [0.1, 0.15) is 18.9 Å². The molecule has 0 saturated heterocycles. The van der Waals surface area contributed by atoms with Crippen LogP contribution in [0, 0.1) is 11.6 Å². The zero-order valence-electron chi connectivity index (χ0n) is 12.2. The van der Waals surface area contributed by atoms with Crippen molar-refractivity contribution in [1.82, 2.24) is 0 Å². The van der Waals surface area contributed by atoms with Crippen LogP contribution in [-0.4, -0.2) is 7.11 Å². The van der Waals surface area contributed by atoms with Crippen LogP contribution in [-0.2, 0) is 6.42 Å². The molecule has 1 nitrogen and oxygen atoms in total. The average molecular weight is 288 g/mol. The summed E-state index contributed by atoms with van der Waals surface area (Å²) in [5.74, 6) is -1.91. The number of halogens is 2. The fraction of sp³-hybridized carbons (Fsp3) is 0.222. The summed E-state index contributed by atoms with van der Waals surface area (Å²) < 4.78 is 32.5. The largest absolute Gasteiger partial charge is 0.494 e. The highest BCUT2D eigenvalue weighted by atomic mass is 19.2. The Kier molecular flexibility index (Phi) is 5.09. The summed E-state index contributed by atoms with van der Waals surface area (Å²) in [5, 5.41) is 0. The summed E-state index contributed by atoms with van der Waals surface area (Å²) in [6.45, 7) is 1.99. The summed E-state index contributed by atoms with van der Waals surface area (Å²) in [5.41, 5.74) is 2.07. The highest BCUT2D eigenvalue weighted by molar-refractivity contribution is 5.65. The van der Waals surface area contributed by atoms with Crippen LogP contribution < -0.4 is 4.74 Å². The van der Waals surface area contributed by atoms with Gasteiger partial charge in [-0.3, -0.25) is 0 Å². The summed E-state index contributed by atoms with van der Waals surface area (Å²) in [6, 6.07) is 10.5. The Bertz CT molecular complexity index is 630. The van der Waals surface area contributed by atoms with Gasteiger partial charge >= 0.3 is 0 Å². The van der Waals surface area contributed by atoms with E-state index >= 15 is 0 Å². The predicted molar refractivity (Wildman–Crippen MR) is 81.5 cm³/mol. The second kappa shape index (κ2) is 7.02. The van der Waals surface area contributed by atoms with Crippen molar-refractivity contribution in [2.45, 2.75) is 19.8 Å². The van der Waals surface area contributed by atoms with E-state index in [1.165, 1.54) is 24.8 Å². The lowest BCUT2D eigenvalue weighted by atomic mass is 10.0. The quantitative estimate of drug-likeness (QED) is 0.691. The Balaban J connectivity index is 2.25. The van der Waals surface area contributed by atoms with Gasteiger partial charge in [0.2, 0.25) is 5.82 Å². The monoisotopic (exact) mass is 288 g/mol. The van der Waals surface area contributed by atoms with E-state index in [9.17, 15) is 8.78 Å². The molecule has 0 saturated carbocycles. The number of benzene rings is 2. The number of hydrogen-bond acceptors (Lipinski definition) is 1. The van der Waals surface area contributed by atoms with Gasteiger partial charge in [0.15, 0.2) is 11.6 Å². The van der Waals surface area contributed by atoms with E-state index in [1.54, 1.807) is 0 Å². The highest BCUT2D eigenvalue weighted by Crippen LogP contribution is 2.29. The lowest BCUT2D eigenvalue weighted by molar-refractivity contribution is 0.372. The van der Waals surface area contributed by atoms with Gasteiger partial charge in [0.05, 0.1) is 7.11 Å². The maximum Gasteiger partial charge on any atom is 0.201 e. The molecule has 21 heavy (non-hydrogen) atoms. The van der Waals surface area contributed by atoms with Crippen LogP contribution in [0.5, 0.6) is 5.75 Å². The number of allylic oxidation sites excluding steroid dienone is 2. The van der Waals surface area contributed by atoms with E-state index in [4.69, 9.17) is 4.74 Å². The SMILES string of the molecule is C/C=C/CCc1ccc(-c2ccc(OC)c(F)c2F)cc1. The first kappa shape index (κ1) is 15.2. The second-order valence-corrected chi connectivity index (χ2v) is 4.75. The fourth-order valence-corrected chi connectivity index (χ4v) is 2.18. The third-order valence-electron chi connectivity index (χ3n) is 3.37. The molecule has 0 aliphatic carbocycles. The van der Waals surface area contributed by atoms with Crippen molar-refractivity contribution in [3.05, 3.63) is 65.7 Å². The van der Waals surface area contributed by atoms with Gasteiger partial charge in [-0.1, -0.05) is 36.4 Å². The van der Waals surface area contributed by atoms with Gasteiger partial charge in [0.25, 0.3) is 0 Å². The minimum Gasteiger partial charge on any atom is -0.494 e. The van der Waals surface area contributed by atoms with Crippen molar-refractivity contribution in [1.29, 1.82) is 0 Å². The van der Waals surface area contributed by atoms with Crippen LogP contribution in [0.15, 0.2) is 48.6 Å². The maximum atomic E-state index is 14.0. The summed E-state index contributed by atoms with van der Waals surface area (Å²) >= 11 is 0. The molecule has 0 heterocycles. The van der Waals surface area contributed by atoms with Gasteiger partial charge in [0, 0.05) is 5.56 Å². The zero-order chi connectivity index (χ0) is 15.2. The molecule has 0 amide bonds. The molecule has 2 aromatic rings. The Morgan fingerprint density at radius 2 is 1.71 bits per heavy atom. The molecule has 0 aromatic heterocycles. The third-order valence-corrected chi connectivity index (χ3v) is 3.37. The molecule has 0 spiro atoms. The van der Waals surface area contributed by atoms with Crippen molar-refractivity contribution in [3.8, 4) is 16.9 Å². The van der Waals surface area contributed by atoms with Crippen LogP contribution in [0.3, 0.4) is 0 Å². The Labute approximate surface area is 123 Å². The number of ether oxygens (including phenoxy) is 1. The van der Waals surface area contributed by atoms with Crippen LogP contribution >= 0.6 is 0 Å². The lowest BCUT2D eigenvalue weighted by Crippen LogP contribution is -1.95. The molecule has 3 heteroatoms. The first-order chi connectivity index (χ1) is 10.2. The molecule has 0 unspecified atom stereocenters. The molecule has 2 aromatic carbocycles. The zero-order valence-corrected chi connectivity index (χ0v) is 12.2. The predicted octanol–water partition coefficient (Wildman–Crippen LogP) is 5.15. The van der Waals surface area contributed by atoms with Crippen molar-refractivity contribution in [2.75, 3.05) is 7.11 Å². The second-order valence-electron chi connectivity index (χ2n) is 4.75. The number of methoxy groups -OCH3 is 1. The van der Waals surface area contributed by atoms with Gasteiger partial charge in [-0.25, -0.2) is 4.39 Å². The standard InChI is InChI=1S/C18H18F2O/c1-3-4-5-6-13-7-9-14(10-8-13)15-11-12-16(21-2)18(20)17(15)19/h3-4,7-12H,5-6H2,1-2H3/b4-3+. The molecule has 0 radical (unpaired) electrons. The fourth-order valence-electron chi connectivity index (χ4n) is 2.18. The molecule has 110 valence electrons. The van der Waals surface area contributed by atoms with E-state index in [0.29, 0.717) is 5.56 Å². The Morgan fingerprint density at radius 1 is 1.00 bits per heavy atom. The molecule has 0 bridgehead atoms. The van der Waals surface area contributed by atoms with Gasteiger partial charge in [-0.2, -0.15) is 4.39 Å². The number of aryl methyl sites for hydroxylation is 1. The molecule has 0 aliphatic heterocycles. The normalized spacial score (nSPS) is 11.0. The Hall–Kier alpha value is -2.16. The first-order valence-electron chi connectivity index (χ1n) is 6.89. The van der Waals surface area contributed by atoms with Gasteiger partial charge < -0.3 is 4.74 Å². The Morgan fingerprint density at radius 3 is 2.33 bits per heavy atom. The average Bonchev–Trinajstić information content (AvgIpc) is 2.51. The van der Waals surface area contributed by atoms with E-state index in [-0.39, 0.29) is 11.3 Å². The lowest BCUT2D eigenvalue weighted by Gasteiger charge is -2.08. The number of rotatable bonds is 5. The van der Waals surface area contributed by atoms with Crippen molar-refractivity contribution < 1.29 is 13.5 Å². The molecule has 0 aliphatic rings. The van der Waals surface area contributed by atoms with E-state index in [1.807, 2.05) is 37.3 Å².